The highest BCUT2D eigenvalue weighted by atomic mass is 35.5. The van der Waals surface area contributed by atoms with Crippen LogP contribution in [0.1, 0.15) is 12.0 Å². The molecule has 0 aromatic heterocycles. The van der Waals surface area contributed by atoms with Crippen molar-refractivity contribution in [1.29, 1.82) is 0 Å². The molecular formula is C14H12ClF3. The Hall–Kier alpha value is -1.22. The van der Waals surface area contributed by atoms with Gasteiger partial charge in [0.15, 0.2) is 0 Å². The number of benzene rings is 1. The van der Waals surface area contributed by atoms with Crippen molar-refractivity contribution in [3.8, 4) is 0 Å². The Morgan fingerprint density at radius 3 is 2.28 bits per heavy atom. The summed E-state index contributed by atoms with van der Waals surface area (Å²) in [6, 6.07) is 9.33. The van der Waals surface area contributed by atoms with Crippen LogP contribution in [0.5, 0.6) is 0 Å². The van der Waals surface area contributed by atoms with E-state index in [1.807, 2.05) is 30.3 Å². The molecule has 0 bridgehead atoms. The van der Waals surface area contributed by atoms with Gasteiger partial charge in [0.25, 0.3) is 0 Å². The number of alkyl halides is 4. The Labute approximate surface area is 109 Å². The summed E-state index contributed by atoms with van der Waals surface area (Å²) >= 11 is 5.51. The molecule has 1 unspecified atom stereocenters. The van der Waals surface area contributed by atoms with Crippen LogP contribution < -0.4 is 0 Å². The van der Waals surface area contributed by atoms with Crippen molar-refractivity contribution < 1.29 is 13.2 Å². The first-order valence-electron chi connectivity index (χ1n) is 5.56. The summed E-state index contributed by atoms with van der Waals surface area (Å²) in [6.07, 6.45) is -0.132. The SMILES string of the molecule is FC(F)(F)C1(CCl)C=CC(c2ccccc2)=CC1. The fourth-order valence-electron chi connectivity index (χ4n) is 1.91. The van der Waals surface area contributed by atoms with Gasteiger partial charge in [-0.05, 0) is 17.6 Å². The van der Waals surface area contributed by atoms with E-state index in [0.29, 0.717) is 0 Å². The normalized spacial score (nSPS) is 23.9. The molecular weight excluding hydrogens is 261 g/mol. The molecule has 0 amide bonds. The second-order valence-electron chi connectivity index (χ2n) is 4.35. The second kappa shape index (κ2) is 4.81. The number of allylic oxidation sites excluding steroid dienone is 4. The first-order valence-corrected chi connectivity index (χ1v) is 6.09. The Morgan fingerprint density at radius 2 is 1.83 bits per heavy atom. The number of halogens is 4. The fourth-order valence-corrected chi connectivity index (χ4v) is 2.26. The highest BCUT2D eigenvalue weighted by molar-refractivity contribution is 6.18. The molecule has 1 aliphatic rings. The monoisotopic (exact) mass is 272 g/mol. The number of rotatable bonds is 2. The van der Waals surface area contributed by atoms with Crippen molar-refractivity contribution in [3.63, 3.8) is 0 Å². The van der Waals surface area contributed by atoms with E-state index in [0.717, 1.165) is 11.1 Å². The van der Waals surface area contributed by atoms with Crippen LogP contribution in [0.3, 0.4) is 0 Å². The Bertz CT molecular complexity index is 474. The predicted octanol–water partition coefficient (Wildman–Crippen LogP) is 4.82. The van der Waals surface area contributed by atoms with Gasteiger partial charge in [0.2, 0.25) is 0 Å². The smallest absolute Gasteiger partial charge is 0.170 e. The van der Waals surface area contributed by atoms with E-state index in [4.69, 9.17) is 11.6 Å². The van der Waals surface area contributed by atoms with Crippen molar-refractivity contribution in [2.75, 3.05) is 5.88 Å². The lowest BCUT2D eigenvalue weighted by Gasteiger charge is -2.32. The molecule has 0 saturated carbocycles. The third kappa shape index (κ3) is 2.32. The standard InChI is InChI=1S/C14H12ClF3/c15-10-13(14(16,17)18)8-6-12(7-9-13)11-4-2-1-3-5-11/h1-8H,9-10H2. The lowest BCUT2D eigenvalue weighted by atomic mass is 9.80. The summed E-state index contributed by atoms with van der Waals surface area (Å²) in [5, 5.41) is 0. The zero-order valence-corrected chi connectivity index (χ0v) is 10.3. The zero-order chi connectivity index (χ0) is 13.2. The van der Waals surface area contributed by atoms with Gasteiger partial charge in [-0.1, -0.05) is 48.6 Å². The molecule has 0 N–H and O–H groups in total. The molecule has 96 valence electrons. The summed E-state index contributed by atoms with van der Waals surface area (Å²) in [5.41, 5.74) is -0.202. The summed E-state index contributed by atoms with van der Waals surface area (Å²) in [5.74, 6) is -0.453. The highest BCUT2D eigenvalue weighted by Gasteiger charge is 2.52. The molecule has 4 heteroatoms. The molecule has 0 saturated heterocycles. The van der Waals surface area contributed by atoms with Crippen LogP contribution in [0.15, 0.2) is 48.6 Å². The van der Waals surface area contributed by atoms with E-state index in [1.54, 1.807) is 6.08 Å². The van der Waals surface area contributed by atoms with Gasteiger partial charge in [-0.15, -0.1) is 11.6 Å². The lowest BCUT2D eigenvalue weighted by Crippen LogP contribution is -2.38. The summed E-state index contributed by atoms with van der Waals surface area (Å²) < 4.78 is 38.9. The van der Waals surface area contributed by atoms with Gasteiger partial charge in [0.1, 0.15) is 5.41 Å². The minimum Gasteiger partial charge on any atom is -0.170 e. The number of hydrogen-bond acceptors (Lipinski definition) is 0. The molecule has 1 aromatic carbocycles. The van der Waals surface area contributed by atoms with Crippen LogP contribution in [0.2, 0.25) is 0 Å². The van der Waals surface area contributed by atoms with Gasteiger partial charge in [0, 0.05) is 5.88 Å². The van der Waals surface area contributed by atoms with E-state index in [9.17, 15) is 13.2 Å². The maximum absolute atomic E-state index is 13.0. The first kappa shape index (κ1) is 13.2. The van der Waals surface area contributed by atoms with Gasteiger partial charge < -0.3 is 0 Å². The average Bonchev–Trinajstić information content (AvgIpc) is 2.38. The van der Waals surface area contributed by atoms with Gasteiger partial charge in [-0.2, -0.15) is 13.2 Å². The maximum atomic E-state index is 13.0. The molecule has 0 nitrogen and oxygen atoms in total. The third-order valence-electron chi connectivity index (χ3n) is 3.18. The molecule has 0 aliphatic heterocycles. The van der Waals surface area contributed by atoms with Crippen LogP contribution in [0.25, 0.3) is 5.57 Å². The topological polar surface area (TPSA) is 0 Å². The molecule has 18 heavy (non-hydrogen) atoms. The summed E-state index contributed by atoms with van der Waals surface area (Å²) in [6.45, 7) is 0. The largest absolute Gasteiger partial charge is 0.399 e. The van der Waals surface area contributed by atoms with Crippen LogP contribution >= 0.6 is 11.6 Å². The summed E-state index contributed by atoms with van der Waals surface area (Å²) in [4.78, 5) is 0. The zero-order valence-electron chi connectivity index (χ0n) is 9.54. The van der Waals surface area contributed by atoms with E-state index < -0.39 is 17.5 Å². The van der Waals surface area contributed by atoms with E-state index in [-0.39, 0.29) is 6.42 Å². The lowest BCUT2D eigenvalue weighted by molar-refractivity contribution is -0.197. The van der Waals surface area contributed by atoms with Crippen molar-refractivity contribution in [3.05, 3.63) is 54.1 Å². The van der Waals surface area contributed by atoms with Gasteiger partial charge in [0.05, 0.1) is 0 Å². The second-order valence-corrected chi connectivity index (χ2v) is 4.62. The van der Waals surface area contributed by atoms with Crippen LogP contribution in [0, 0.1) is 5.41 Å². The fraction of sp³-hybridized carbons (Fsp3) is 0.286. The van der Waals surface area contributed by atoms with Crippen molar-refractivity contribution in [2.24, 2.45) is 5.41 Å². The minimum absolute atomic E-state index is 0.110. The minimum atomic E-state index is -4.32. The predicted molar refractivity (Wildman–Crippen MR) is 67.4 cm³/mol. The third-order valence-corrected chi connectivity index (χ3v) is 3.66. The molecule has 0 fully saturated rings. The van der Waals surface area contributed by atoms with Crippen LogP contribution in [-0.2, 0) is 0 Å². The molecule has 0 heterocycles. The molecule has 0 spiro atoms. The van der Waals surface area contributed by atoms with Gasteiger partial charge in [-0.3, -0.25) is 0 Å². The molecule has 1 aliphatic carbocycles. The Kier molecular flexibility index (Phi) is 3.53. The van der Waals surface area contributed by atoms with Crippen molar-refractivity contribution in [2.45, 2.75) is 12.6 Å². The quantitative estimate of drug-likeness (QED) is 0.677. The number of hydrogen-bond donors (Lipinski definition) is 0. The maximum Gasteiger partial charge on any atom is 0.399 e. The van der Waals surface area contributed by atoms with Crippen molar-refractivity contribution in [1.82, 2.24) is 0 Å². The summed E-state index contributed by atoms with van der Waals surface area (Å²) in [7, 11) is 0. The molecule has 0 radical (unpaired) electrons. The van der Waals surface area contributed by atoms with Crippen LogP contribution in [0.4, 0.5) is 13.2 Å². The van der Waals surface area contributed by atoms with Gasteiger partial charge in [-0.25, -0.2) is 0 Å². The van der Waals surface area contributed by atoms with E-state index >= 15 is 0 Å². The van der Waals surface area contributed by atoms with E-state index in [1.165, 1.54) is 12.2 Å². The molecule has 1 aromatic rings. The molecule has 1 atom stereocenters. The molecule has 2 rings (SSSR count). The Morgan fingerprint density at radius 1 is 1.17 bits per heavy atom. The highest BCUT2D eigenvalue weighted by Crippen LogP contribution is 2.46. The van der Waals surface area contributed by atoms with E-state index in [2.05, 4.69) is 0 Å². The van der Waals surface area contributed by atoms with Gasteiger partial charge >= 0.3 is 6.18 Å². The Balaban J connectivity index is 2.26. The first-order chi connectivity index (χ1) is 8.48. The van der Waals surface area contributed by atoms with Crippen LogP contribution in [-0.4, -0.2) is 12.1 Å². The average molecular weight is 273 g/mol. The van der Waals surface area contributed by atoms with Crippen molar-refractivity contribution >= 4 is 17.2 Å².